The first-order valence-electron chi connectivity index (χ1n) is 12.7. The van der Waals surface area contributed by atoms with Crippen molar-refractivity contribution in [2.24, 2.45) is 0 Å². The van der Waals surface area contributed by atoms with E-state index >= 15 is 0 Å². The summed E-state index contributed by atoms with van der Waals surface area (Å²) in [4.78, 5) is 42.5. The molecule has 3 aromatic heterocycles. The summed E-state index contributed by atoms with van der Waals surface area (Å²) >= 11 is 1.69. The summed E-state index contributed by atoms with van der Waals surface area (Å²) in [5.74, 6) is 1.12. The summed E-state index contributed by atoms with van der Waals surface area (Å²) in [6, 6.07) is 13.9. The molecule has 9 heteroatoms. The van der Waals surface area contributed by atoms with Gasteiger partial charge in [0.2, 0.25) is 5.91 Å². The lowest BCUT2D eigenvalue weighted by Gasteiger charge is -2.38. The van der Waals surface area contributed by atoms with E-state index in [0.717, 1.165) is 22.4 Å². The Bertz CT molecular complexity index is 1630. The van der Waals surface area contributed by atoms with Gasteiger partial charge in [0.1, 0.15) is 23.7 Å². The summed E-state index contributed by atoms with van der Waals surface area (Å²) in [6.45, 7) is 5.59. The van der Waals surface area contributed by atoms with Crippen molar-refractivity contribution in [3.63, 3.8) is 0 Å². The Morgan fingerprint density at radius 1 is 1.05 bits per heavy atom. The standard InChI is InChI=1S/C29H26N6O2S/c1-28(2)15-35(14-23-20(28)7-9-38-23)26(36)22-11-24(32-16-31-22)33-19-6-5-17-12-29(13-18(17)10-19)21-4-3-8-30-25(21)34-27(29)37/h3-11,16H,12-15H2,1-2H3,(H,30,34,37)(H,31,32,33). The highest BCUT2D eigenvalue weighted by molar-refractivity contribution is 7.10. The first-order chi connectivity index (χ1) is 18.3. The van der Waals surface area contributed by atoms with Crippen LogP contribution in [0.2, 0.25) is 0 Å². The van der Waals surface area contributed by atoms with Crippen LogP contribution in [-0.4, -0.2) is 38.2 Å². The van der Waals surface area contributed by atoms with Gasteiger partial charge in [0.05, 0.1) is 12.0 Å². The molecule has 1 aromatic carbocycles. The first kappa shape index (κ1) is 23.0. The molecule has 38 heavy (non-hydrogen) atoms. The maximum absolute atomic E-state index is 13.4. The number of thiophene rings is 1. The second kappa shape index (κ2) is 8.19. The molecule has 1 atom stereocenters. The van der Waals surface area contributed by atoms with E-state index < -0.39 is 5.41 Å². The van der Waals surface area contributed by atoms with Crippen LogP contribution in [0.15, 0.2) is 60.4 Å². The van der Waals surface area contributed by atoms with Crippen LogP contribution in [-0.2, 0) is 35.0 Å². The smallest absolute Gasteiger partial charge is 0.273 e. The Morgan fingerprint density at radius 3 is 2.82 bits per heavy atom. The summed E-state index contributed by atoms with van der Waals surface area (Å²) in [5.41, 5.74) is 5.07. The maximum Gasteiger partial charge on any atom is 0.273 e. The summed E-state index contributed by atoms with van der Waals surface area (Å²) in [7, 11) is 0. The van der Waals surface area contributed by atoms with Gasteiger partial charge in [-0.1, -0.05) is 26.0 Å². The molecule has 8 nitrogen and oxygen atoms in total. The van der Waals surface area contributed by atoms with Crippen molar-refractivity contribution >= 4 is 40.5 Å². The van der Waals surface area contributed by atoms with Gasteiger partial charge in [-0.05, 0) is 59.2 Å². The second-order valence-electron chi connectivity index (χ2n) is 11.0. The summed E-state index contributed by atoms with van der Waals surface area (Å²) in [6.07, 6.45) is 4.40. The molecule has 1 spiro atoms. The van der Waals surface area contributed by atoms with Crippen molar-refractivity contribution < 1.29 is 9.59 Å². The number of fused-ring (bicyclic) bond motifs is 4. The molecule has 190 valence electrons. The molecule has 0 saturated carbocycles. The minimum Gasteiger partial charge on any atom is -0.340 e. The van der Waals surface area contributed by atoms with Crippen LogP contribution >= 0.6 is 11.3 Å². The average molecular weight is 523 g/mol. The third-order valence-electron chi connectivity index (χ3n) is 8.02. The number of benzene rings is 1. The Balaban J connectivity index is 1.11. The molecule has 2 amide bonds. The third-order valence-corrected chi connectivity index (χ3v) is 8.93. The lowest BCUT2D eigenvalue weighted by atomic mass is 9.79. The number of anilines is 3. The quantitative estimate of drug-likeness (QED) is 0.408. The van der Waals surface area contributed by atoms with E-state index in [4.69, 9.17) is 0 Å². The van der Waals surface area contributed by atoms with Crippen molar-refractivity contribution in [3.05, 3.63) is 93.2 Å². The number of nitrogens with zero attached hydrogens (tertiary/aromatic N) is 4. The van der Waals surface area contributed by atoms with E-state index in [1.807, 2.05) is 23.1 Å². The van der Waals surface area contributed by atoms with Crippen LogP contribution in [0.5, 0.6) is 0 Å². The molecule has 1 aliphatic carbocycles. The van der Waals surface area contributed by atoms with E-state index in [1.54, 1.807) is 23.6 Å². The predicted molar refractivity (Wildman–Crippen MR) is 146 cm³/mol. The third kappa shape index (κ3) is 3.53. The zero-order valence-corrected chi connectivity index (χ0v) is 21.9. The zero-order chi connectivity index (χ0) is 26.1. The number of carbonyl (C=O) groups excluding carboxylic acids is 2. The Morgan fingerprint density at radius 2 is 1.92 bits per heavy atom. The Labute approximate surface area is 224 Å². The Hall–Kier alpha value is -4.11. The van der Waals surface area contributed by atoms with Crippen LogP contribution in [0, 0.1) is 0 Å². The molecule has 2 N–H and O–H groups in total. The molecule has 0 saturated heterocycles. The molecular formula is C29H26N6O2S. The van der Waals surface area contributed by atoms with E-state index in [0.29, 0.717) is 43.3 Å². The fourth-order valence-electron chi connectivity index (χ4n) is 6.20. The number of hydrogen-bond donors (Lipinski definition) is 2. The maximum atomic E-state index is 13.4. The van der Waals surface area contributed by atoms with Crippen LogP contribution < -0.4 is 10.6 Å². The number of hydrogen-bond acceptors (Lipinski definition) is 7. The van der Waals surface area contributed by atoms with E-state index in [1.165, 1.54) is 16.8 Å². The van der Waals surface area contributed by atoms with Gasteiger partial charge in [-0.25, -0.2) is 15.0 Å². The van der Waals surface area contributed by atoms with Crippen LogP contribution in [0.1, 0.15) is 51.5 Å². The Kier molecular flexibility index (Phi) is 4.97. The summed E-state index contributed by atoms with van der Waals surface area (Å²) < 4.78 is 0. The highest BCUT2D eigenvalue weighted by Gasteiger charge is 2.51. The number of nitrogens with one attached hydrogen (secondary N) is 2. The predicted octanol–water partition coefficient (Wildman–Crippen LogP) is 4.60. The average Bonchev–Trinajstić information content (AvgIpc) is 3.60. The topological polar surface area (TPSA) is 100 Å². The lowest BCUT2D eigenvalue weighted by molar-refractivity contribution is -0.120. The minimum atomic E-state index is -0.607. The van der Waals surface area contributed by atoms with Crippen LogP contribution in [0.25, 0.3) is 0 Å². The van der Waals surface area contributed by atoms with Crippen molar-refractivity contribution in [3.8, 4) is 0 Å². The lowest BCUT2D eigenvalue weighted by Crippen LogP contribution is -2.44. The molecule has 5 heterocycles. The monoisotopic (exact) mass is 522 g/mol. The van der Waals surface area contributed by atoms with Gasteiger partial charge >= 0.3 is 0 Å². The number of pyridine rings is 1. The molecular weight excluding hydrogens is 496 g/mol. The number of amides is 2. The van der Waals surface area contributed by atoms with Crippen LogP contribution in [0.4, 0.5) is 17.3 Å². The van der Waals surface area contributed by atoms with E-state index in [2.05, 4.69) is 63.0 Å². The highest BCUT2D eigenvalue weighted by atomic mass is 32.1. The van der Waals surface area contributed by atoms with Crippen molar-refractivity contribution in [2.45, 2.75) is 44.1 Å². The molecule has 7 rings (SSSR count). The first-order valence-corrected chi connectivity index (χ1v) is 13.5. The van der Waals surface area contributed by atoms with Crippen LogP contribution in [0.3, 0.4) is 0 Å². The van der Waals surface area contributed by atoms with Gasteiger partial charge in [0.25, 0.3) is 5.91 Å². The van der Waals surface area contributed by atoms with Gasteiger partial charge in [-0.2, -0.15) is 0 Å². The van der Waals surface area contributed by atoms with E-state index in [-0.39, 0.29) is 17.2 Å². The van der Waals surface area contributed by atoms with Crippen molar-refractivity contribution in [2.75, 3.05) is 17.2 Å². The minimum absolute atomic E-state index is 0.00595. The van der Waals surface area contributed by atoms with Crippen molar-refractivity contribution in [1.82, 2.24) is 19.9 Å². The molecule has 0 fully saturated rings. The second-order valence-corrected chi connectivity index (χ2v) is 12.0. The molecule has 4 aromatic rings. The van der Waals surface area contributed by atoms with Gasteiger partial charge in [0.15, 0.2) is 0 Å². The number of rotatable bonds is 3. The van der Waals surface area contributed by atoms with E-state index in [9.17, 15) is 9.59 Å². The number of aromatic nitrogens is 3. The van der Waals surface area contributed by atoms with Gasteiger partial charge in [0, 0.05) is 40.4 Å². The van der Waals surface area contributed by atoms with Crippen molar-refractivity contribution in [1.29, 1.82) is 0 Å². The van der Waals surface area contributed by atoms with Gasteiger partial charge in [-0.3, -0.25) is 9.59 Å². The SMILES string of the molecule is CC1(C)CN(C(=O)c2cc(Nc3ccc4c(c3)CC3(C4)C(=O)Nc4ncccc43)ncn2)Cc2sccc21. The molecule has 0 bridgehead atoms. The molecule has 1 unspecified atom stereocenters. The zero-order valence-electron chi connectivity index (χ0n) is 21.1. The molecule has 2 aliphatic heterocycles. The largest absolute Gasteiger partial charge is 0.340 e. The van der Waals surface area contributed by atoms with Gasteiger partial charge < -0.3 is 15.5 Å². The number of carbonyl (C=O) groups is 2. The normalized spacial score (nSPS) is 20.6. The fraction of sp³-hybridized carbons (Fsp3) is 0.276. The molecule has 0 radical (unpaired) electrons. The van der Waals surface area contributed by atoms with Gasteiger partial charge in [-0.15, -0.1) is 11.3 Å². The highest BCUT2D eigenvalue weighted by Crippen LogP contribution is 2.47. The fourth-order valence-corrected chi connectivity index (χ4v) is 7.27. The summed E-state index contributed by atoms with van der Waals surface area (Å²) in [5, 5.41) is 8.39. The molecule has 3 aliphatic rings.